The summed E-state index contributed by atoms with van der Waals surface area (Å²) < 4.78 is 41.8. The number of rotatable bonds is 11. The molecule has 0 aliphatic heterocycles. The van der Waals surface area contributed by atoms with Crippen molar-refractivity contribution < 1.29 is 22.4 Å². The molecule has 3 aromatic rings. The number of hydrogen-bond donors (Lipinski definition) is 1. The third kappa shape index (κ3) is 7.24. The largest absolute Gasteiger partial charge is 0.355 e. The third-order valence-electron chi connectivity index (χ3n) is 6.01. The number of carbonyl (C=O) groups is 2. The summed E-state index contributed by atoms with van der Waals surface area (Å²) in [4.78, 5) is 28.1. The molecule has 0 saturated heterocycles. The van der Waals surface area contributed by atoms with Gasteiger partial charge in [0.1, 0.15) is 11.9 Å². The first-order valence-electron chi connectivity index (χ1n) is 12.0. The highest BCUT2D eigenvalue weighted by Gasteiger charge is 2.33. The summed E-state index contributed by atoms with van der Waals surface area (Å²) in [5, 5.41) is 2.76. The topological polar surface area (TPSA) is 86.8 Å². The van der Waals surface area contributed by atoms with Crippen molar-refractivity contribution in [1.82, 2.24) is 14.5 Å². The van der Waals surface area contributed by atoms with Crippen LogP contribution in [0.2, 0.25) is 0 Å². The number of nitrogens with zero attached hydrogens (tertiary/aromatic N) is 2. The number of amides is 2. The standard InChI is InChI=1S/C28H32FN3O4S/c1-4-30-28(34)26(18-22-10-6-5-7-11-22)32(19-23-12-8-9-13-25(23)29)27(33)20-31(3)37(35,36)24-16-14-21(2)15-17-24/h5-17,26H,4,18-20H2,1-3H3,(H,30,34)/t26-/m1/s1. The van der Waals surface area contributed by atoms with Crippen LogP contribution >= 0.6 is 0 Å². The molecule has 2 amide bonds. The maximum atomic E-state index is 14.6. The summed E-state index contributed by atoms with van der Waals surface area (Å²) in [7, 11) is -2.66. The minimum atomic E-state index is -3.97. The molecule has 3 aromatic carbocycles. The molecule has 0 aliphatic rings. The zero-order chi connectivity index (χ0) is 27.0. The van der Waals surface area contributed by atoms with Gasteiger partial charge in [-0.25, -0.2) is 12.8 Å². The van der Waals surface area contributed by atoms with Gasteiger partial charge in [-0.3, -0.25) is 9.59 Å². The lowest BCUT2D eigenvalue weighted by molar-refractivity contribution is -0.141. The summed E-state index contributed by atoms with van der Waals surface area (Å²) >= 11 is 0. The number of likely N-dealkylation sites (N-methyl/N-ethyl adjacent to an activating group) is 2. The van der Waals surface area contributed by atoms with Crippen LogP contribution in [0.3, 0.4) is 0 Å². The average Bonchev–Trinajstić information content (AvgIpc) is 2.88. The van der Waals surface area contributed by atoms with E-state index in [9.17, 15) is 22.4 Å². The smallest absolute Gasteiger partial charge is 0.243 e. The van der Waals surface area contributed by atoms with Gasteiger partial charge in [0.15, 0.2) is 0 Å². The fourth-order valence-corrected chi connectivity index (χ4v) is 5.03. The van der Waals surface area contributed by atoms with Crippen LogP contribution in [0.25, 0.3) is 0 Å². The summed E-state index contributed by atoms with van der Waals surface area (Å²) in [5.74, 6) is -1.54. The Morgan fingerprint density at radius 2 is 1.57 bits per heavy atom. The molecule has 0 unspecified atom stereocenters. The Balaban J connectivity index is 1.96. The molecule has 0 fully saturated rings. The normalized spacial score (nSPS) is 12.2. The molecule has 1 N–H and O–H groups in total. The van der Waals surface area contributed by atoms with E-state index in [1.165, 1.54) is 36.2 Å². The molecule has 37 heavy (non-hydrogen) atoms. The highest BCUT2D eigenvalue weighted by atomic mass is 32.2. The van der Waals surface area contributed by atoms with Crippen molar-refractivity contribution in [3.63, 3.8) is 0 Å². The number of halogens is 1. The molecule has 0 saturated carbocycles. The first-order chi connectivity index (χ1) is 17.6. The quantitative estimate of drug-likeness (QED) is 0.415. The number of aryl methyl sites for hydroxylation is 1. The number of nitrogens with one attached hydrogen (secondary N) is 1. The highest BCUT2D eigenvalue weighted by Crippen LogP contribution is 2.19. The van der Waals surface area contributed by atoms with E-state index in [0.29, 0.717) is 6.54 Å². The molecule has 196 valence electrons. The van der Waals surface area contributed by atoms with Crippen LogP contribution in [0.1, 0.15) is 23.6 Å². The van der Waals surface area contributed by atoms with Gasteiger partial charge in [-0.05, 0) is 37.6 Å². The van der Waals surface area contributed by atoms with Crippen LogP contribution in [-0.2, 0) is 32.6 Å². The molecule has 0 radical (unpaired) electrons. The average molecular weight is 526 g/mol. The van der Waals surface area contributed by atoms with Gasteiger partial charge in [-0.15, -0.1) is 0 Å². The molecule has 9 heteroatoms. The van der Waals surface area contributed by atoms with Crippen molar-refractivity contribution in [2.24, 2.45) is 0 Å². The van der Waals surface area contributed by atoms with Crippen LogP contribution in [0.4, 0.5) is 4.39 Å². The molecule has 7 nitrogen and oxygen atoms in total. The molecule has 1 atom stereocenters. The first-order valence-corrected chi connectivity index (χ1v) is 13.4. The van der Waals surface area contributed by atoms with E-state index in [0.717, 1.165) is 15.4 Å². The van der Waals surface area contributed by atoms with E-state index < -0.39 is 40.2 Å². The lowest BCUT2D eigenvalue weighted by Crippen LogP contribution is -2.53. The zero-order valence-electron chi connectivity index (χ0n) is 21.2. The summed E-state index contributed by atoms with van der Waals surface area (Å²) in [5.41, 5.74) is 1.94. The van der Waals surface area contributed by atoms with Crippen LogP contribution < -0.4 is 5.32 Å². The van der Waals surface area contributed by atoms with Crippen LogP contribution in [-0.4, -0.2) is 55.6 Å². The Morgan fingerprint density at radius 3 is 2.19 bits per heavy atom. The fraction of sp³-hybridized carbons (Fsp3) is 0.286. The minimum Gasteiger partial charge on any atom is -0.355 e. The summed E-state index contributed by atoms with van der Waals surface area (Å²) in [6.45, 7) is 3.24. The SMILES string of the molecule is CCNC(=O)[C@@H](Cc1ccccc1)N(Cc1ccccc1F)C(=O)CN(C)S(=O)(=O)c1ccc(C)cc1. The molecule has 0 bridgehead atoms. The van der Waals surface area contributed by atoms with Gasteiger partial charge in [-0.2, -0.15) is 4.31 Å². The van der Waals surface area contributed by atoms with Gasteiger partial charge >= 0.3 is 0 Å². The lowest BCUT2D eigenvalue weighted by atomic mass is 10.0. The Bertz CT molecular complexity index is 1310. The molecular weight excluding hydrogens is 493 g/mol. The Morgan fingerprint density at radius 1 is 0.946 bits per heavy atom. The van der Waals surface area contributed by atoms with Gasteiger partial charge < -0.3 is 10.2 Å². The molecule has 0 spiro atoms. The van der Waals surface area contributed by atoms with Crippen molar-refractivity contribution >= 4 is 21.8 Å². The van der Waals surface area contributed by atoms with E-state index >= 15 is 0 Å². The highest BCUT2D eigenvalue weighted by molar-refractivity contribution is 7.89. The minimum absolute atomic E-state index is 0.0543. The number of carbonyl (C=O) groups excluding carboxylic acids is 2. The molecular formula is C28H32FN3O4S. The zero-order valence-corrected chi connectivity index (χ0v) is 22.0. The van der Waals surface area contributed by atoms with E-state index in [1.54, 1.807) is 31.2 Å². The van der Waals surface area contributed by atoms with Gasteiger partial charge in [0, 0.05) is 32.1 Å². The van der Waals surface area contributed by atoms with E-state index in [2.05, 4.69) is 5.32 Å². The maximum absolute atomic E-state index is 14.6. The van der Waals surface area contributed by atoms with Crippen molar-refractivity contribution in [3.8, 4) is 0 Å². The van der Waals surface area contributed by atoms with E-state index in [4.69, 9.17) is 0 Å². The predicted octanol–water partition coefficient (Wildman–Crippen LogP) is 3.53. The van der Waals surface area contributed by atoms with Crippen molar-refractivity contribution in [3.05, 3.63) is 101 Å². The van der Waals surface area contributed by atoms with Crippen molar-refractivity contribution in [1.29, 1.82) is 0 Å². The summed E-state index contributed by atoms with van der Waals surface area (Å²) in [6.07, 6.45) is 0.182. The molecule has 3 rings (SSSR count). The second-order valence-corrected chi connectivity index (χ2v) is 10.8. The van der Waals surface area contributed by atoms with Gasteiger partial charge in [0.05, 0.1) is 11.4 Å². The fourth-order valence-electron chi connectivity index (χ4n) is 3.91. The van der Waals surface area contributed by atoms with Crippen LogP contribution in [0.15, 0.2) is 83.8 Å². The number of benzene rings is 3. The Hall–Kier alpha value is -3.56. The monoisotopic (exact) mass is 525 g/mol. The molecule has 0 aliphatic carbocycles. The Kier molecular flexibility index (Phi) is 9.54. The molecule has 0 heterocycles. The number of hydrogen-bond acceptors (Lipinski definition) is 4. The molecule has 0 aromatic heterocycles. The van der Waals surface area contributed by atoms with E-state index in [-0.39, 0.29) is 23.4 Å². The van der Waals surface area contributed by atoms with Crippen molar-refractivity contribution in [2.75, 3.05) is 20.1 Å². The Labute approximate surface area is 218 Å². The van der Waals surface area contributed by atoms with E-state index in [1.807, 2.05) is 37.3 Å². The van der Waals surface area contributed by atoms with Crippen molar-refractivity contribution in [2.45, 2.75) is 37.8 Å². The maximum Gasteiger partial charge on any atom is 0.243 e. The van der Waals surface area contributed by atoms with Crippen LogP contribution in [0.5, 0.6) is 0 Å². The van der Waals surface area contributed by atoms with Gasteiger partial charge in [-0.1, -0.05) is 66.2 Å². The van der Waals surface area contributed by atoms with Gasteiger partial charge in [0.25, 0.3) is 0 Å². The predicted molar refractivity (Wildman–Crippen MR) is 141 cm³/mol. The second-order valence-electron chi connectivity index (χ2n) is 8.79. The third-order valence-corrected chi connectivity index (χ3v) is 7.83. The lowest BCUT2D eigenvalue weighted by Gasteiger charge is -2.32. The number of sulfonamides is 1. The van der Waals surface area contributed by atoms with Gasteiger partial charge in [0.2, 0.25) is 21.8 Å². The second kappa shape index (κ2) is 12.6. The summed E-state index contributed by atoms with van der Waals surface area (Å²) in [6, 6.07) is 20.5. The van der Waals surface area contributed by atoms with Crippen LogP contribution in [0, 0.1) is 12.7 Å². The first kappa shape index (κ1) is 28.0.